The van der Waals surface area contributed by atoms with Crippen LogP contribution in [0.3, 0.4) is 0 Å². The molecule has 2 heterocycles. The van der Waals surface area contributed by atoms with Crippen LogP contribution in [0.5, 0.6) is 5.88 Å². The third-order valence-corrected chi connectivity index (χ3v) is 2.49. The van der Waals surface area contributed by atoms with E-state index in [1.165, 1.54) is 24.7 Å². The van der Waals surface area contributed by atoms with Gasteiger partial charge in [-0.15, -0.1) is 0 Å². The summed E-state index contributed by atoms with van der Waals surface area (Å²) in [4.78, 5) is 22.9. The van der Waals surface area contributed by atoms with E-state index in [0.717, 1.165) is 0 Å². The first-order chi connectivity index (χ1) is 10.5. The number of urea groups is 1. The second kappa shape index (κ2) is 7.46. The minimum Gasteiger partial charge on any atom is -0.417 e. The number of carbonyl (C=O) groups excluding carboxylic acids is 1. The first-order valence-corrected chi connectivity index (χ1v) is 6.33. The molecule has 22 heavy (non-hydrogen) atoms. The zero-order valence-corrected chi connectivity index (χ0v) is 11.7. The van der Waals surface area contributed by atoms with E-state index in [-0.39, 0.29) is 23.4 Å². The molecule has 2 aromatic heterocycles. The first-order valence-electron chi connectivity index (χ1n) is 5.95. The van der Waals surface area contributed by atoms with E-state index in [1.807, 2.05) is 0 Å². The van der Waals surface area contributed by atoms with Crippen LogP contribution in [0.4, 0.5) is 19.4 Å². The molecule has 0 aliphatic carbocycles. The van der Waals surface area contributed by atoms with Crippen LogP contribution in [0, 0.1) is 0 Å². The fourth-order valence-electron chi connectivity index (χ4n) is 1.46. The van der Waals surface area contributed by atoms with Crippen molar-refractivity contribution >= 4 is 23.4 Å². The van der Waals surface area contributed by atoms with Gasteiger partial charge in [0.2, 0.25) is 5.88 Å². The number of halogens is 3. The quantitative estimate of drug-likeness (QED) is 0.879. The number of ether oxygens (including phenoxy) is 1. The fraction of sp³-hybridized carbons (Fsp3) is 0.167. The lowest BCUT2D eigenvalue weighted by Crippen LogP contribution is -2.28. The molecule has 116 valence electrons. The van der Waals surface area contributed by atoms with Gasteiger partial charge < -0.3 is 10.1 Å². The normalized spacial score (nSPS) is 10.4. The average Bonchev–Trinajstić information content (AvgIpc) is 2.45. The van der Waals surface area contributed by atoms with Crippen molar-refractivity contribution in [3.63, 3.8) is 0 Å². The highest BCUT2D eigenvalue weighted by atomic mass is 35.5. The molecule has 7 nitrogen and oxygen atoms in total. The van der Waals surface area contributed by atoms with Crippen molar-refractivity contribution in [2.45, 2.75) is 13.2 Å². The van der Waals surface area contributed by atoms with Crippen LogP contribution in [0.2, 0.25) is 5.15 Å². The zero-order chi connectivity index (χ0) is 15.9. The zero-order valence-electron chi connectivity index (χ0n) is 11.0. The van der Waals surface area contributed by atoms with Crippen molar-refractivity contribution in [2.75, 3.05) is 5.32 Å². The maximum atomic E-state index is 12.1. The van der Waals surface area contributed by atoms with Crippen molar-refractivity contribution in [3.8, 4) is 5.88 Å². The molecule has 2 aromatic rings. The molecule has 0 fully saturated rings. The molecule has 0 spiro atoms. The van der Waals surface area contributed by atoms with E-state index in [0.29, 0.717) is 5.56 Å². The molecular weight excluding hydrogens is 320 g/mol. The van der Waals surface area contributed by atoms with E-state index in [9.17, 15) is 13.6 Å². The predicted molar refractivity (Wildman–Crippen MR) is 73.8 cm³/mol. The number of hydrogen-bond acceptors (Lipinski definition) is 5. The molecule has 10 heteroatoms. The highest BCUT2D eigenvalue weighted by molar-refractivity contribution is 6.29. The Labute approximate surface area is 128 Å². The number of hydrogen-bond donors (Lipinski definition) is 2. The first kappa shape index (κ1) is 15.8. The molecule has 0 saturated carbocycles. The Morgan fingerprint density at radius 2 is 2.23 bits per heavy atom. The Balaban J connectivity index is 1.88. The van der Waals surface area contributed by atoms with Crippen LogP contribution in [0.15, 0.2) is 30.7 Å². The van der Waals surface area contributed by atoms with E-state index in [4.69, 9.17) is 11.6 Å². The Bertz CT molecular complexity index is 659. The van der Waals surface area contributed by atoms with Gasteiger partial charge in [0.15, 0.2) is 5.82 Å². The molecule has 0 aromatic carbocycles. The summed E-state index contributed by atoms with van der Waals surface area (Å²) in [7, 11) is 0. The highest BCUT2D eigenvalue weighted by Gasteiger charge is 2.07. The summed E-state index contributed by atoms with van der Waals surface area (Å²) >= 11 is 5.63. The molecule has 0 bridgehead atoms. The van der Waals surface area contributed by atoms with Gasteiger partial charge in [0.1, 0.15) is 5.15 Å². The van der Waals surface area contributed by atoms with Crippen LogP contribution in [0.1, 0.15) is 5.56 Å². The topological polar surface area (TPSA) is 89.0 Å². The molecule has 0 atom stereocenters. The predicted octanol–water partition coefficient (Wildman–Crippen LogP) is 2.45. The number of anilines is 1. The smallest absolute Gasteiger partial charge is 0.388 e. The number of nitrogens with zero attached hydrogens (tertiary/aromatic N) is 3. The van der Waals surface area contributed by atoms with Gasteiger partial charge in [0, 0.05) is 18.8 Å². The summed E-state index contributed by atoms with van der Waals surface area (Å²) in [6.45, 7) is -2.87. The van der Waals surface area contributed by atoms with Gasteiger partial charge in [-0.05, 0) is 11.6 Å². The Morgan fingerprint density at radius 1 is 1.41 bits per heavy atom. The maximum absolute atomic E-state index is 12.1. The number of rotatable bonds is 5. The number of alkyl halides is 2. The lowest BCUT2D eigenvalue weighted by Gasteiger charge is -2.08. The highest BCUT2D eigenvalue weighted by Crippen LogP contribution is 2.12. The van der Waals surface area contributed by atoms with Crippen LogP contribution >= 0.6 is 11.6 Å². The average molecular weight is 330 g/mol. The molecule has 0 aliphatic heterocycles. The van der Waals surface area contributed by atoms with Crippen molar-refractivity contribution in [1.29, 1.82) is 0 Å². The van der Waals surface area contributed by atoms with Gasteiger partial charge in [-0.25, -0.2) is 14.8 Å². The minimum atomic E-state index is -2.96. The van der Waals surface area contributed by atoms with E-state index < -0.39 is 12.6 Å². The summed E-state index contributed by atoms with van der Waals surface area (Å²) in [6, 6.07) is 2.30. The molecule has 0 unspecified atom stereocenters. The monoisotopic (exact) mass is 329 g/mol. The molecule has 2 rings (SSSR count). The molecule has 0 radical (unpaired) electrons. The molecular formula is C12H10ClF2N5O2. The number of nitrogens with one attached hydrogen (secondary N) is 2. The van der Waals surface area contributed by atoms with Gasteiger partial charge in [0.05, 0.1) is 12.4 Å². The summed E-state index contributed by atoms with van der Waals surface area (Å²) < 4.78 is 28.3. The number of pyridine rings is 1. The largest absolute Gasteiger partial charge is 0.417 e. The Morgan fingerprint density at radius 3 is 2.95 bits per heavy atom. The fourth-order valence-corrected chi connectivity index (χ4v) is 1.61. The summed E-state index contributed by atoms with van der Waals surface area (Å²) in [5, 5.41) is 5.08. The number of aromatic nitrogens is 3. The molecule has 2 N–H and O–H groups in total. The molecule has 2 amide bonds. The van der Waals surface area contributed by atoms with Gasteiger partial charge in [-0.3, -0.25) is 10.3 Å². The summed E-state index contributed by atoms with van der Waals surface area (Å²) in [5.41, 5.74) is 0.540. The third kappa shape index (κ3) is 5.09. The van der Waals surface area contributed by atoms with Crippen LogP contribution < -0.4 is 15.4 Å². The van der Waals surface area contributed by atoms with Crippen LogP contribution in [-0.4, -0.2) is 27.6 Å². The molecule has 0 saturated heterocycles. The number of amides is 2. The Kier molecular flexibility index (Phi) is 5.37. The van der Waals surface area contributed by atoms with Crippen molar-refractivity contribution in [3.05, 3.63) is 41.4 Å². The lowest BCUT2D eigenvalue weighted by molar-refractivity contribution is -0.0528. The van der Waals surface area contributed by atoms with Crippen molar-refractivity contribution in [1.82, 2.24) is 20.3 Å². The van der Waals surface area contributed by atoms with E-state index >= 15 is 0 Å². The minimum absolute atomic E-state index is 0.0853. The van der Waals surface area contributed by atoms with Gasteiger partial charge in [0.25, 0.3) is 0 Å². The third-order valence-electron chi connectivity index (χ3n) is 2.31. The second-order valence-electron chi connectivity index (χ2n) is 3.92. The van der Waals surface area contributed by atoms with Crippen LogP contribution in [-0.2, 0) is 6.54 Å². The second-order valence-corrected chi connectivity index (χ2v) is 4.30. The lowest BCUT2D eigenvalue weighted by atomic mass is 10.2. The van der Waals surface area contributed by atoms with Gasteiger partial charge >= 0.3 is 12.6 Å². The Hall–Kier alpha value is -2.55. The molecule has 0 aliphatic rings. The summed E-state index contributed by atoms with van der Waals surface area (Å²) in [6.07, 6.45) is 3.95. The van der Waals surface area contributed by atoms with Gasteiger partial charge in [-0.2, -0.15) is 8.78 Å². The maximum Gasteiger partial charge on any atom is 0.388 e. The van der Waals surface area contributed by atoms with Crippen molar-refractivity contribution in [2.24, 2.45) is 0 Å². The van der Waals surface area contributed by atoms with Crippen LogP contribution in [0.25, 0.3) is 0 Å². The van der Waals surface area contributed by atoms with Gasteiger partial charge in [-0.1, -0.05) is 11.6 Å². The van der Waals surface area contributed by atoms with E-state index in [2.05, 4.69) is 30.3 Å². The SMILES string of the molecule is O=C(NCc1ccnc(OC(F)F)c1)Nc1cncc(Cl)n1. The van der Waals surface area contributed by atoms with E-state index in [1.54, 1.807) is 6.07 Å². The number of carbonyl (C=O) groups is 1. The van der Waals surface area contributed by atoms with Crippen molar-refractivity contribution < 1.29 is 18.3 Å². The summed E-state index contributed by atoms with van der Waals surface area (Å²) in [5.74, 6) is -0.0446. The standard InChI is InChI=1S/C12H10ClF2N5O2/c13-8-5-16-6-9(19-8)20-12(21)18-4-7-1-2-17-10(3-7)22-11(14)15/h1-3,5-6,11H,4H2,(H2,18,19,20,21).